The maximum absolute atomic E-state index is 3.95. The average molecular weight is 278 g/mol. The summed E-state index contributed by atoms with van der Waals surface area (Å²) in [5.74, 6) is 0. The molecular formula is C14H14S3. The molecule has 0 aliphatic heterocycles. The van der Waals surface area contributed by atoms with E-state index in [2.05, 4.69) is 49.2 Å². The lowest BCUT2D eigenvalue weighted by Crippen LogP contribution is -1.71. The van der Waals surface area contributed by atoms with Crippen molar-refractivity contribution in [3.05, 3.63) is 52.1 Å². The van der Waals surface area contributed by atoms with Gasteiger partial charge in [0.05, 0.1) is 0 Å². The minimum atomic E-state index is 1.13. The number of allylic oxidation sites excluding steroid dienone is 2. The summed E-state index contributed by atoms with van der Waals surface area (Å²) >= 11 is 5.38. The highest BCUT2D eigenvalue weighted by atomic mass is 32.2. The summed E-state index contributed by atoms with van der Waals surface area (Å²) < 4.78 is 0. The molecule has 0 atom stereocenters. The molecule has 0 fully saturated rings. The van der Waals surface area contributed by atoms with Crippen LogP contribution in [0.2, 0.25) is 0 Å². The normalized spacial score (nSPS) is 11.8. The summed E-state index contributed by atoms with van der Waals surface area (Å²) in [7, 11) is 0. The summed E-state index contributed by atoms with van der Waals surface area (Å²) in [4.78, 5) is 6.44. The summed E-state index contributed by atoms with van der Waals surface area (Å²) in [6, 6.07) is 8.67. The fraction of sp³-hybridized carbons (Fsp3) is 0.143. The van der Waals surface area contributed by atoms with Crippen LogP contribution in [0.4, 0.5) is 0 Å². The van der Waals surface area contributed by atoms with E-state index in [9.17, 15) is 0 Å². The number of thiophene rings is 2. The summed E-state index contributed by atoms with van der Waals surface area (Å²) in [6.45, 7) is 8.08. The Balaban J connectivity index is 2.26. The predicted octanol–water partition coefficient (Wildman–Crippen LogP) is 6.10. The second-order valence-electron chi connectivity index (χ2n) is 3.60. The number of thioether (sulfide) groups is 1. The SMILES string of the molecule is C=C(C)S/C(=C\C)c1ccc(-c2cccs2)s1. The molecule has 0 N–H and O–H groups in total. The van der Waals surface area contributed by atoms with Crippen LogP contribution in [0.1, 0.15) is 18.7 Å². The number of rotatable bonds is 4. The topological polar surface area (TPSA) is 0 Å². The van der Waals surface area contributed by atoms with Crippen molar-refractivity contribution in [2.24, 2.45) is 0 Å². The zero-order chi connectivity index (χ0) is 12.3. The molecule has 0 saturated carbocycles. The van der Waals surface area contributed by atoms with Crippen molar-refractivity contribution in [1.82, 2.24) is 0 Å². The van der Waals surface area contributed by atoms with Gasteiger partial charge in [-0.05, 0) is 42.3 Å². The fourth-order valence-corrected chi connectivity index (χ4v) is 4.18. The molecule has 2 heterocycles. The van der Waals surface area contributed by atoms with Gasteiger partial charge in [0.25, 0.3) is 0 Å². The third-order valence-corrected chi connectivity index (χ3v) is 5.50. The number of hydrogen-bond donors (Lipinski definition) is 0. The van der Waals surface area contributed by atoms with Gasteiger partial charge in [-0.2, -0.15) is 0 Å². The van der Waals surface area contributed by atoms with E-state index in [1.54, 1.807) is 23.1 Å². The van der Waals surface area contributed by atoms with Crippen molar-refractivity contribution in [2.75, 3.05) is 0 Å². The monoisotopic (exact) mass is 278 g/mol. The first-order chi connectivity index (χ1) is 8.20. The van der Waals surface area contributed by atoms with Gasteiger partial charge in [0, 0.05) is 19.5 Å². The van der Waals surface area contributed by atoms with Crippen LogP contribution in [0.5, 0.6) is 0 Å². The molecule has 0 amide bonds. The van der Waals surface area contributed by atoms with Crippen LogP contribution < -0.4 is 0 Å². The van der Waals surface area contributed by atoms with E-state index >= 15 is 0 Å². The third-order valence-electron chi connectivity index (χ3n) is 2.16. The highest BCUT2D eigenvalue weighted by molar-refractivity contribution is 8.11. The molecule has 2 aromatic heterocycles. The van der Waals surface area contributed by atoms with E-state index in [-0.39, 0.29) is 0 Å². The van der Waals surface area contributed by atoms with Crippen LogP contribution in [0.15, 0.2) is 47.2 Å². The molecule has 0 nitrogen and oxygen atoms in total. The molecule has 0 bridgehead atoms. The predicted molar refractivity (Wildman–Crippen MR) is 83.7 cm³/mol. The first-order valence-corrected chi connectivity index (χ1v) is 7.85. The Morgan fingerprint density at radius 2 is 2.12 bits per heavy atom. The summed E-state index contributed by atoms with van der Waals surface area (Å²) in [6.07, 6.45) is 2.16. The van der Waals surface area contributed by atoms with Gasteiger partial charge in [-0.25, -0.2) is 0 Å². The first-order valence-electron chi connectivity index (χ1n) is 5.34. The maximum atomic E-state index is 3.95. The Kier molecular flexibility index (Phi) is 4.26. The summed E-state index contributed by atoms with van der Waals surface area (Å²) in [5.41, 5.74) is 0. The Hall–Kier alpha value is -0.770. The standard InChI is InChI=1S/C14H14S3/c1-4-11(16-10(2)3)13-7-8-14(17-13)12-6-5-9-15-12/h4-9H,2H2,1,3H3/b11-4-. The highest BCUT2D eigenvalue weighted by Crippen LogP contribution is 2.40. The minimum Gasteiger partial charge on any atom is -0.143 e. The van der Waals surface area contributed by atoms with Crippen molar-refractivity contribution in [3.8, 4) is 9.75 Å². The van der Waals surface area contributed by atoms with Crippen molar-refractivity contribution in [2.45, 2.75) is 13.8 Å². The van der Waals surface area contributed by atoms with Gasteiger partial charge >= 0.3 is 0 Å². The van der Waals surface area contributed by atoms with Gasteiger partial charge in [0.15, 0.2) is 0 Å². The van der Waals surface area contributed by atoms with E-state index in [0.717, 1.165) is 4.91 Å². The molecule has 0 radical (unpaired) electrons. The molecule has 0 aliphatic rings. The average Bonchev–Trinajstić information content (AvgIpc) is 2.95. The second kappa shape index (κ2) is 5.71. The van der Waals surface area contributed by atoms with Crippen molar-refractivity contribution in [3.63, 3.8) is 0 Å². The molecule has 88 valence electrons. The van der Waals surface area contributed by atoms with Gasteiger partial charge in [0.2, 0.25) is 0 Å². The van der Waals surface area contributed by atoms with Gasteiger partial charge in [-0.3, -0.25) is 0 Å². The van der Waals surface area contributed by atoms with Crippen molar-refractivity contribution in [1.29, 1.82) is 0 Å². The van der Waals surface area contributed by atoms with Crippen LogP contribution in [-0.4, -0.2) is 0 Å². The molecule has 0 unspecified atom stereocenters. The smallest absolute Gasteiger partial charge is 0.0449 e. The zero-order valence-electron chi connectivity index (χ0n) is 9.90. The lowest BCUT2D eigenvalue weighted by Gasteiger charge is -2.02. The molecule has 3 heteroatoms. The highest BCUT2D eigenvalue weighted by Gasteiger charge is 2.08. The van der Waals surface area contributed by atoms with Crippen LogP contribution in [0.25, 0.3) is 14.7 Å². The molecular weight excluding hydrogens is 264 g/mol. The molecule has 2 aromatic rings. The summed E-state index contributed by atoms with van der Waals surface area (Å²) in [5, 5.41) is 2.12. The maximum Gasteiger partial charge on any atom is 0.0449 e. The largest absolute Gasteiger partial charge is 0.143 e. The molecule has 0 spiro atoms. The Bertz CT molecular complexity index is 530. The van der Waals surface area contributed by atoms with Gasteiger partial charge in [-0.1, -0.05) is 30.5 Å². The molecule has 0 saturated heterocycles. The Morgan fingerprint density at radius 3 is 2.71 bits per heavy atom. The van der Waals surface area contributed by atoms with Crippen LogP contribution >= 0.6 is 34.4 Å². The molecule has 0 aromatic carbocycles. The van der Waals surface area contributed by atoms with Crippen molar-refractivity contribution < 1.29 is 0 Å². The van der Waals surface area contributed by atoms with Gasteiger partial charge in [0.1, 0.15) is 0 Å². The van der Waals surface area contributed by atoms with E-state index in [4.69, 9.17) is 0 Å². The molecule has 17 heavy (non-hydrogen) atoms. The number of hydrogen-bond acceptors (Lipinski definition) is 3. The fourth-order valence-electron chi connectivity index (χ4n) is 1.46. The zero-order valence-corrected chi connectivity index (χ0v) is 12.3. The van der Waals surface area contributed by atoms with E-state index in [1.807, 2.05) is 18.3 Å². The quantitative estimate of drug-likeness (QED) is 0.650. The van der Waals surface area contributed by atoms with E-state index in [0.29, 0.717) is 0 Å². The van der Waals surface area contributed by atoms with Crippen molar-refractivity contribution >= 4 is 39.3 Å². The molecule has 2 rings (SSSR count). The molecule has 0 aliphatic carbocycles. The lowest BCUT2D eigenvalue weighted by molar-refractivity contribution is 1.72. The third kappa shape index (κ3) is 3.12. The van der Waals surface area contributed by atoms with Crippen LogP contribution in [0, 0.1) is 0 Å². The Morgan fingerprint density at radius 1 is 1.29 bits per heavy atom. The van der Waals surface area contributed by atoms with E-state index in [1.165, 1.54) is 19.5 Å². The Labute approximate surface area is 115 Å². The lowest BCUT2D eigenvalue weighted by atomic mass is 10.3. The van der Waals surface area contributed by atoms with Crippen LogP contribution in [0.3, 0.4) is 0 Å². The second-order valence-corrected chi connectivity index (χ2v) is 6.97. The van der Waals surface area contributed by atoms with Gasteiger partial charge in [-0.15, -0.1) is 22.7 Å². The first kappa shape index (κ1) is 12.7. The van der Waals surface area contributed by atoms with Gasteiger partial charge < -0.3 is 0 Å². The van der Waals surface area contributed by atoms with Crippen LogP contribution in [-0.2, 0) is 0 Å². The van der Waals surface area contributed by atoms with E-state index < -0.39 is 0 Å². The minimum absolute atomic E-state index is 1.13.